The first-order valence-corrected chi connectivity index (χ1v) is 6.25. The number of nitrogens with zero attached hydrogens (tertiary/aromatic N) is 4. The van der Waals surface area contributed by atoms with Gasteiger partial charge in [-0.1, -0.05) is 0 Å². The number of likely N-dealkylation sites (N-methyl/N-ethyl adjacent to an activating group) is 1. The van der Waals surface area contributed by atoms with Crippen molar-refractivity contribution in [3.05, 3.63) is 17.8 Å². The Bertz CT molecular complexity index is 553. The Hall–Kier alpha value is -1.53. The average Bonchev–Trinajstić information content (AvgIpc) is 2.74. The molecule has 2 unspecified atom stereocenters. The number of aromatic amines is 1. The Morgan fingerprint density at radius 1 is 1.39 bits per heavy atom. The maximum atomic E-state index is 6.10. The lowest BCUT2D eigenvalue weighted by atomic mass is 9.91. The first-order valence-electron chi connectivity index (χ1n) is 6.25. The number of nitrogens with two attached hydrogens (primary N) is 1. The number of H-pyrrole nitrogens is 1. The summed E-state index contributed by atoms with van der Waals surface area (Å²) in [6.07, 6.45) is 2.64. The molecule has 3 rings (SSSR count). The summed E-state index contributed by atoms with van der Waals surface area (Å²) in [6, 6.07) is 0.210. The van der Waals surface area contributed by atoms with Crippen LogP contribution in [-0.4, -0.2) is 51.0 Å². The number of rotatable bonds is 1. The number of nitrogens with one attached hydrogen (secondary N) is 1. The standard InChI is InChI=1S/C12H18N6/c1-7-16-10(11-12(17-7)15-6-14-11)8-3-9(13)5-18(2)4-8/h6,8-9H,3-5,13H2,1-2H3,(H,14,15,16,17). The number of hydrogen-bond acceptors (Lipinski definition) is 5. The van der Waals surface area contributed by atoms with Crippen LogP contribution in [-0.2, 0) is 0 Å². The fourth-order valence-electron chi connectivity index (χ4n) is 2.83. The molecule has 0 aromatic carbocycles. The van der Waals surface area contributed by atoms with Crippen LogP contribution in [0.5, 0.6) is 0 Å². The number of aromatic nitrogens is 4. The van der Waals surface area contributed by atoms with Crippen molar-refractivity contribution >= 4 is 11.2 Å². The van der Waals surface area contributed by atoms with Gasteiger partial charge in [-0.05, 0) is 20.4 Å². The van der Waals surface area contributed by atoms with E-state index in [0.29, 0.717) is 5.92 Å². The van der Waals surface area contributed by atoms with E-state index in [2.05, 4.69) is 31.9 Å². The monoisotopic (exact) mass is 246 g/mol. The molecule has 1 saturated heterocycles. The van der Waals surface area contributed by atoms with Crippen molar-refractivity contribution in [1.29, 1.82) is 0 Å². The van der Waals surface area contributed by atoms with Gasteiger partial charge in [0.25, 0.3) is 0 Å². The van der Waals surface area contributed by atoms with Crippen molar-refractivity contribution in [1.82, 2.24) is 24.8 Å². The summed E-state index contributed by atoms with van der Waals surface area (Å²) in [7, 11) is 2.10. The number of piperidine rings is 1. The highest BCUT2D eigenvalue weighted by Gasteiger charge is 2.27. The van der Waals surface area contributed by atoms with E-state index in [1.54, 1.807) is 6.33 Å². The predicted octanol–water partition coefficient (Wildman–Crippen LogP) is 0.408. The van der Waals surface area contributed by atoms with Crippen molar-refractivity contribution in [3.63, 3.8) is 0 Å². The summed E-state index contributed by atoms with van der Waals surface area (Å²) >= 11 is 0. The molecule has 6 heteroatoms. The second-order valence-corrected chi connectivity index (χ2v) is 5.17. The van der Waals surface area contributed by atoms with E-state index < -0.39 is 0 Å². The molecule has 1 fully saturated rings. The Labute approximate surface area is 106 Å². The molecule has 2 atom stereocenters. The number of imidazole rings is 1. The highest BCUT2D eigenvalue weighted by Crippen LogP contribution is 2.28. The van der Waals surface area contributed by atoms with Gasteiger partial charge in [0.1, 0.15) is 11.3 Å². The second kappa shape index (κ2) is 4.29. The molecule has 1 aliphatic rings. The van der Waals surface area contributed by atoms with Crippen LogP contribution in [0, 0.1) is 6.92 Å². The number of hydrogen-bond donors (Lipinski definition) is 2. The Kier molecular flexibility index (Phi) is 2.76. The van der Waals surface area contributed by atoms with Gasteiger partial charge in [-0.15, -0.1) is 0 Å². The van der Waals surface area contributed by atoms with Crippen LogP contribution in [0.15, 0.2) is 6.33 Å². The van der Waals surface area contributed by atoms with Crippen LogP contribution in [0.1, 0.15) is 23.9 Å². The molecule has 0 aliphatic carbocycles. The Balaban J connectivity index is 2.05. The van der Waals surface area contributed by atoms with Gasteiger partial charge >= 0.3 is 0 Å². The van der Waals surface area contributed by atoms with E-state index in [1.165, 1.54) is 0 Å². The predicted molar refractivity (Wildman–Crippen MR) is 69.3 cm³/mol. The third-order valence-corrected chi connectivity index (χ3v) is 3.48. The highest BCUT2D eigenvalue weighted by atomic mass is 15.1. The quantitative estimate of drug-likeness (QED) is 0.761. The summed E-state index contributed by atoms with van der Waals surface area (Å²) < 4.78 is 0. The second-order valence-electron chi connectivity index (χ2n) is 5.17. The largest absolute Gasteiger partial charge is 0.342 e. The summed E-state index contributed by atoms with van der Waals surface area (Å²) in [4.78, 5) is 18.6. The molecule has 3 heterocycles. The molecule has 0 amide bonds. The maximum absolute atomic E-state index is 6.10. The number of fused-ring (bicyclic) bond motifs is 1. The SMILES string of the molecule is Cc1nc(C2CC(N)CN(C)C2)c2[nH]cnc2n1. The molecule has 96 valence electrons. The average molecular weight is 246 g/mol. The fraction of sp³-hybridized carbons (Fsp3) is 0.583. The lowest BCUT2D eigenvalue weighted by Crippen LogP contribution is -2.44. The van der Waals surface area contributed by atoms with Crippen molar-refractivity contribution < 1.29 is 0 Å². The molecular formula is C12H18N6. The molecule has 2 aromatic rings. The van der Waals surface area contributed by atoms with Gasteiger partial charge in [0.2, 0.25) is 0 Å². The lowest BCUT2D eigenvalue weighted by Gasteiger charge is -2.33. The molecule has 0 spiro atoms. The van der Waals surface area contributed by atoms with E-state index in [1.807, 2.05) is 6.92 Å². The maximum Gasteiger partial charge on any atom is 0.181 e. The minimum absolute atomic E-state index is 0.210. The van der Waals surface area contributed by atoms with E-state index in [0.717, 1.165) is 42.2 Å². The van der Waals surface area contributed by atoms with Gasteiger partial charge in [0.15, 0.2) is 5.65 Å². The molecule has 0 saturated carbocycles. The Morgan fingerprint density at radius 2 is 2.22 bits per heavy atom. The zero-order valence-corrected chi connectivity index (χ0v) is 10.7. The lowest BCUT2D eigenvalue weighted by molar-refractivity contribution is 0.225. The minimum atomic E-state index is 0.210. The van der Waals surface area contributed by atoms with Crippen molar-refractivity contribution in [2.24, 2.45) is 5.73 Å². The number of aryl methyl sites for hydroxylation is 1. The molecule has 2 aromatic heterocycles. The van der Waals surface area contributed by atoms with Crippen LogP contribution in [0.4, 0.5) is 0 Å². The normalized spacial score (nSPS) is 25.7. The van der Waals surface area contributed by atoms with Crippen molar-refractivity contribution in [2.45, 2.75) is 25.3 Å². The zero-order valence-electron chi connectivity index (χ0n) is 10.7. The van der Waals surface area contributed by atoms with E-state index in [9.17, 15) is 0 Å². The van der Waals surface area contributed by atoms with Gasteiger partial charge < -0.3 is 15.6 Å². The van der Waals surface area contributed by atoms with Gasteiger partial charge in [-0.2, -0.15) is 0 Å². The third kappa shape index (κ3) is 1.97. The molecule has 18 heavy (non-hydrogen) atoms. The molecule has 6 nitrogen and oxygen atoms in total. The van der Waals surface area contributed by atoms with Gasteiger partial charge in [-0.25, -0.2) is 15.0 Å². The van der Waals surface area contributed by atoms with Crippen LogP contribution >= 0.6 is 0 Å². The van der Waals surface area contributed by atoms with E-state index in [4.69, 9.17) is 5.73 Å². The number of likely N-dealkylation sites (tertiary alicyclic amines) is 1. The molecule has 0 radical (unpaired) electrons. The van der Waals surface area contributed by atoms with Crippen molar-refractivity contribution in [2.75, 3.05) is 20.1 Å². The van der Waals surface area contributed by atoms with Crippen LogP contribution in [0.25, 0.3) is 11.2 Å². The fourth-order valence-corrected chi connectivity index (χ4v) is 2.83. The van der Waals surface area contributed by atoms with E-state index >= 15 is 0 Å². The summed E-state index contributed by atoms with van der Waals surface area (Å²) in [6.45, 7) is 3.84. The molecular weight excluding hydrogens is 228 g/mol. The molecule has 0 bridgehead atoms. The van der Waals surface area contributed by atoms with Crippen molar-refractivity contribution in [3.8, 4) is 0 Å². The summed E-state index contributed by atoms with van der Waals surface area (Å²) in [5.74, 6) is 1.12. The van der Waals surface area contributed by atoms with Gasteiger partial charge in [0.05, 0.1) is 12.0 Å². The van der Waals surface area contributed by atoms with Crippen LogP contribution in [0.3, 0.4) is 0 Å². The summed E-state index contributed by atoms with van der Waals surface area (Å²) in [5.41, 5.74) is 8.85. The molecule has 3 N–H and O–H groups in total. The summed E-state index contributed by atoms with van der Waals surface area (Å²) in [5, 5.41) is 0. The third-order valence-electron chi connectivity index (χ3n) is 3.48. The van der Waals surface area contributed by atoms with Crippen LogP contribution < -0.4 is 5.73 Å². The Morgan fingerprint density at radius 3 is 3.00 bits per heavy atom. The topological polar surface area (TPSA) is 83.7 Å². The zero-order chi connectivity index (χ0) is 12.7. The highest BCUT2D eigenvalue weighted by molar-refractivity contribution is 5.73. The first-order chi connectivity index (χ1) is 8.63. The smallest absolute Gasteiger partial charge is 0.181 e. The van der Waals surface area contributed by atoms with E-state index in [-0.39, 0.29) is 6.04 Å². The van der Waals surface area contributed by atoms with Gasteiger partial charge in [0, 0.05) is 25.0 Å². The van der Waals surface area contributed by atoms with Gasteiger partial charge in [-0.3, -0.25) is 0 Å². The minimum Gasteiger partial charge on any atom is -0.342 e. The first kappa shape index (κ1) is 11.6. The molecule has 1 aliphatic heterocycles. The van der Waals surface area contributed by atoms with Crippen LogP contribution in [0.2, 0.25) is 0 Å².